The zero-order valence-corrected chi connectivity index (χ0v) is 19.2. The lowest BCUT2D eigenvalue weighted by Gasteiger charge is -2.16. The van der Waals surface area contributed by atoms with Crippen molar-refractivity contribution in [2.24, 2.45) is 0 Å². The highest BCUT2D eigenvalue weighted by atomic mass is 32.2. The first-order valence-electron chi connectivity index (χ1n) is 10.3. The molecular formula is C24H25FN2O4S. The molecule has 0 atom stereocenters. The Morgan fingerprint density at radius 1 is 1.22 bits per heavy atom. The van der Waals surface area contributed by atoms with Crippen molar-refractivity contribution in [1.82, 2.24) is 4.90 Å². The van der Waals surface area contributed by atoms with Crippen molar-refractivity contribution in [3.63, 3.8) is 0 Å². The number of anilines is 1. The van der Waals surface area contributed by atoms with Gasteiger partial charge in [-0.3, -0.25) is 19.3 Å². The minimum atomic E-state index is -0.542. The van der Waals surface area contributed by atoms with Gasteiger partial charge in [-0.25, -0.2) is 4.39 Å². The number of hydrogen-bond donors (Lipinski definition) is 1. The van der Waals surface area contributed by atoms with Gasteiger partial charge in [0.05, 0.1) is 11.5 Å². The van der Waals surface area contributed by atoms with Crippen LogP contribution in [0.4, 0.5) is 14.9 Å². The molecule has 0 unspecified atom stereocenters. The van der Waals surface area contributed by atoms with Gasteiger partial charge >= 0.3 is 0 Å². The third-order valence-corrected chi connectivity index (χ3v) is 5.82. The maximum atomic E-state index is 13.0. The van der Waals surface area contributed by atoms with Gasteiger partial charge in [0.15, 0.2) is 0 Å². The van der Waals surface area contributed by atoms with Crippen molar-refractivity contribution in [3.8, 4) is 5.75 Å². The number of nitrogens with one attached hydrogen (secondary N) is 1. The molecule has 1 saturated heterocycles. The summed E-state index contributed by atoms with van der Waals surface area (Å²) in [5.41, 5.74) is 3.13. The number of halogens is 1. The molecule has 0 bridgehead atoms. The molecule has 1 heterocycles. The van der Waals surface area contributed by atoms with Crippen LogP contribution in [0.2, 0.25) is 0 Å². The average molecular weight is 457 g/mol. The molecular weight excluding hydrogens is 431 g/mol. The second-order valence-electron chi connectivity index (χ2n) is 7.66. The average Bonchev–Trinajstić information content (AvgIpc) is 2.99. The second kappa shape index (κ2) is 9.99. The number of imide groups is 1. The van der Waals surface area contributed by atoms with Gasteiger partial charge in [0.25, 0.3) is 11.1 Å². The van der Waals surface area contributed by atoms with Crippen LogP contribution in [0, 0.1) is 12.7 Å². The van der Waals surface area contributed by atoms with Gasteiger partial charge in [-0.2, -0.15) is 0 Å². The number of rotatable bonds is 7. The van der Waals surface area contributed by atoms with E-state index in [1.807, 2.05) is 26.0 Å². The van der Waals surface area contributed by atoms with Gasteiger partial charge in [-0.05, 0) is 90.7 Å². The highest BCUT2D eigenvalue weighted by Crippen LogP contribution is 2.35. The van der Waals surface area contributed by atoms with Crippen LogP contribution in [0.25, 0.3) is 6.08 Å². The third kappa shape index (κ3) is 5.37. The molecule has 0 saturated carbocycles. The molecule has 1 aliphatic heterocycles. The molecule has 2 aromatic rings. The van der Waals surface area contributed by atoms with E-state index >= 15 is 0 Å². The Labute approximate surface area is 190 Å². The van der Waals surface area contributed by atoms with Crippen LogP contribution in [-0.4, -0.2) is 35.1 Å². The Morgan fingerprint density at radius 2 is 1.91 bits per heavy atom. The van der Waals surface area contributed by atoms with Crippen LogP contribution < -0.4 is 10.1 Å². The molecule has 1 N–H and O–H groups in total. The van der Waals surface area contributed by atoms with E-state index in [9.17, 15) is 18.8 Å². The van der Waals surface area contributed by atoms with Crippen LogP contribution in [0.15, 0.2) is 41.3 Å². The summed E-state index contributed by atoms with van der Waals surface area (Å²) in [6.45, 7) is 8.10. The largest absolute Gasteiger partial charge is 0.494 e. The smallest absolute Gasteiger partial charge is 0.294 e. The number of nitrogens with zero attached hydrogens (tertiary/aromatic N) is 1. The molecule has 0 radical (unpaired) electrons. The summed E-state index contributed by atoms with van der Waals surface area (Å²) in [6, 6.07) is 9.14. The summed E-state index contributed by atoms with van der Waals surface area (Å²) < 4.78 is 18.7. The Bertz CT molecular complexity index is 1080. The van der Waals surface area contributed by atoms with Crippen molar-refractivity contribution in [3.05, 3.63) is 63.8 Å². The highest BCUT2D eigenvalue weighted by Gasteiger charge is 2.36. The zero-order chi connectivity index (χ0) is 23.4. The van der Waals surface area contributed by atoms with E-state index < -0.39 is 29.4 Å². The van der Waals surface area contributed by atoms with Gasteiger partial charge in [0, 0.05) is 5.69 Å². The van der Waals surface area contributed by atoms with E-state index in [1.165, 1.54) is 24.3 Å². The van der Waals surface area contributed by atoms with Gasteiger partial charge < -0.3 is 10.1 Å². The topological polar surface area (TPSA) is 75.7 Å². The van der Waals surface area contributed by atoms with E-state index in [2.05, 4.69) is 19.2 Å². The number of carbonyl (C=O) groups is 3. The Balaban J connectivity index is 1.78. The van der Waals surface area contributed by atoms with Crippen LogP contribution in [-0.2, 0) is 9.59 Å². The molecule has 8 heteroatoms. The molecule has 6 nitrogen and oxygen atoms in total. The fraction of sp³-hybridized carbons (Fsp3) is 0.292. The fourth-order valence-corrected chi connectivity index (χ4v) is 4.09. The Hall–Kier alpha value is -3.13. The summed E-state index contributed by atoms with van der Waals surface area (Å²) in [5, 5.41) is 2.04. The van der Waals surface area contributed by atoms with Crippen molar-refractivity contribution < 1.29 is 23.5 Å². The molecule has 168 valence electrons. The number of amides is 3. The van der Waals surface area contributed by atoms with E-state index in [-0.39, 0.29) is 10.8 Å². The predicted octanol–water partition coefficient (Wildman–Crippen LogP) is 5.33. The minimum Gasteiger partial charge on any atom is -0.494 e. The molecule has 0 aromatic heterocycles. The van der Waals surface area contributed by atoms with Crippen molar-refractivity contribution in [2.45, 2.75) is 33.6 Å². The number of ether oxygens (including phenoxy) is 1. The lowest BCUT2D eigenvalue weighted by molar-refractivity contribution is -0.127. The monoisotopic (exact) mass is 456 g/mol. The second-order valence-corrected chi connectivity index (χ2v) is 8.65. The summed E-state index contributed by atoms with van der Waals surface area (Å²) in [6.07, 6.45) is 1.68. The van der Waals surface area contributed by atoms with Crippen molar-refractivity contribution in [1.29, 1.82) is 0 Å². The van der Waals surface area contributed by atoms with E-state index in [4.69, 9.17) is 4.74 Å². The summed E-state index contributed by atoms with van der Waals surface area (Å²) in [4.78, 5) is 38.7. The van der Waals surface area contributed by atoms with Crippen LogP contribution in [0.1, 0.15) is 43.4 Å². The molecule has 1 aliphatic rings. The first kappa shape index (κ1) is 23.5. The third-order valence-electron chi connectivity index (χ3n) is 4.91. The van der Waals surface area contributed by atoms with Crippen molar-refractivity contribution >= 4 is 40.6 Å². The molecule has 3 amide bonds. The first-order valence-corrected chi connectivity index (χ1v) is 11.1. The lowest BCUT2D eigenvalue weighted by atomic mass is 9.96. The summed E-state index contributed by atoms with van der Waals surface area (Å²) in [5.74, 6) is -0.463. The number of hydrogen-bond acceptors (Lipinski definition) is 5. The minimum absolute atomic E-state index is 0.217. The maximum absolute atomic E-state index is 13.0. The predicted molar refractivity (Wildman–Crippen MR) is 124 cm³/mol. The summed E-state index contributed by atoms with van der Waals surface area (Å²) in [7, 11) is 0. The maximum Gasteiger partial charge on any atom is 0.294 e. The number of aryl methyl sites for hydroxylation is 1. The van der Waals surface area contributed by atoms with Gasteiger partial charge in [-0.1, -0.05) is 13.8 Å². The quantitative estimate of drug-likeness (QED) is 0.570. The van der Waals surface area contributed by atoms with Gasteiger partial charge in [-0.15, -0.1) is 0 Å². The van der Waals surface area contributed by atoms with E-state index in [0.29, 0.717) is 12.3 Å². The Morgan fingerprint density at radius 3 is 2.53 bits per heavy atom. The SMILES string of the molecule is CCOc1cc(C)c(/C=C2\SC(=O)N(CC(=O)Nc3ccc(F)cc3)C2=O)cc1C(C)C. The van der Waals surface area contributed by atoms with Gasteiger partial charge in [0.2, 0.25) is 5.91 Å². The number of thioether (sulfide) groups is 1. The number of benzene rings is 2. The Kier molecular flexibility index (Phi) is 7.35. The highest BCUT2D eigenvalue weighted by molar-refractivity contribution is 8.18. The van der Waals surface area contributed by atoms with Crippen molar-refractivity contribution in [2.75, 3.05) is 18.5 Å². The fourth-order valence-electron chi connectivity index (χ4n) is 3.26. The van der Waals surface area contributed by atoms with Crippen LogP contribution in [0.3, 0.4) is 0 Å². The molecule has 1 fully saturated rings. The standard InChI is InChI=1S/C24H25FN2O4S/c1-5-31-20-10-15(4)16(11-19(20)14(2)3)12-21-23(29)27(24(30)32-21)13-22(28)26-18-8-6-17(25)7-9-18/h6-12,14H,5,13H2,1-4H3,(H,26,28)/b21-12-. The van der Waals surface area contributed by atoms with Gasteiger partial charge in [0.1, 0.15) is 18.1 Å². The molecule has 0 aliphatic carbocycles. The van der Waals surface area contributed by atoms with Crippen LogP contribution in [0.5, 0.6) is 5.75 Å². The van der Waals surface area contributed by atoms with E-state index in [1.54, 1.807) is 6.08 Å². The first-order chi connectivity index (χ1) is 15.2. The summed E-state index contributed by atoms with van der Waals surface area (Å²) >= 11 is 0.802. The number of carbonyl (C=O) groups excluding carboxylic acids is 3. The normalized spacial score (nSPS) is 15.1. The zero-order valence-electron chi connectivity index (χ0n) is 18.4. The molecule has 2 aromatic carbocycles. The lowest BCUT2D eigenvalue weighted by Crippen LogP contribution is -2.36. The molecule has 32 heavy (non-hydrogen) atoms. The molecule has 3 rings (SSSR count). The van der Waals surface area contributed by atoms with E-state index in [0.717, 1.165) is 39.1 Å². The molecule has 0 spiro atoms. The van der Waals surface area contributed by atoms with Crippen LogP contribution >= 0.6 is 11.8 Å².